The van der Waals surface area contributed by atoms with E-state index < -0.39 is 0 Å². The van der Waals surface area contributed by atoms with Crippen molar-refractivity contribution < 1.29 is 9.47 Å². The van der Waals surface area contributed by atoms with Crippen LogP contribution in [0.5, 0.6) is 5.75 Å². The molecule has 0 N–H and O–H groups in total. The smallest absolute Gasteiger partial charge is 0.123 e. The summed E-state index contributed by atoms with van der Waals surface area (Å²) in [6.07, 6.45) is 3.09. The first-order valence-corrected chi connectivity index (χ1v) is 9.17. The van der Waals surface area contributed by atoms with Crippen molar-refractivity contribution in [1.82, 2.24) is 24.8 Å². The highest BCUT2D eigenvalue weighted by molar-refractivity contribution is 5.37. The normalized spacial score (nSPS) is 22.9. The molecule has 1 saturated heterocycles. The van der Waals surface area contributed by atoms with Crippen LogP contribution in [0.3, 0.4) is 0 Å². The first-order valence-electron chi connectivity index (χ1n) is 9.17. The van der Waals surface area contributed by atoms with E-state index in [0.29, 0.717) is 6.61 Å². The summed E-state index contributed by atoms with van der Waals surface area (Å²) in [5, 5.41) is 8.35. The van der Waals surface area contributed by atoms with Crippen LogP contribution in [0.15, 0.2) is 24.4 Å². The van der Waals surface area contributed by atoms with Gasteiger partial charge in [0.25, 0.3) is 0 Å². The molecule has 0 radical (unpaired) electrons. The minimum absolute atomic E-state index is 0.251. The van der Waals surface area contributed by atoms with Crippen molar-refractivity contribution >= 4 is 0 Å². The van der Waals surface area contributed by atoms with Gasteiger partial charge in [0, 0.05) is 31.7 Å². The van der Waals surface area contributed by atoms with Crippen LogP contribution in [0, 0.1) is 0 Å². The van der Waals surface area contributed by atoms with E-state index >= 15 is 0 Å². The summed E-state index contributed by atoms with van der Waals surface area (Å²) in [4.78, 5) is 4.65. The van der Waals surface area contributed by atoms with Crippen LogP contribution in [0.1, 0.15) is 29.3 Å². The fourth-order valence-corrected chi connectivity index (χ4v) is 4.04. The number of fused-ring (bicyclic) bond motifs is 3. The van der Waals surface area contributed by atoms with Crippen LogP contribution in [0.4, 0.5) is 0 Å². The first-order chi connectivity index (χ1) is 12.6. The average Bonchev–Trinajstić information content (AvgIpc) is 3.11. The van der Waals surface area contributed by atoms with Crippen LogP contribution in [0.2, 0.25) is 0 Å². The maximum Gasteiger partial charge on any atom is 0.123 e. The van der Waals surface area contributed by atoms with Crippen molar-refractivity contribution in [1.29, 1.82) is 0 Å². The monoisotopic (exact) mass is 357 g/mol. The van der Waals surface area contributed by atoms with E-state index in [2.05, 4.69) is 57.1 Å². The zero-order valence-corrected chi connectivity index (χ0v) is 15.8. The molecule has 0 saturated carbocycles. The summed E-state index contributed by atoms with van der Waals surface area (Å²) >= 11 is 0. The molecular weight excluding hydrogens is 330 g/mol. The number of methoxy groups -OCH3 is 1. The number of hydrogen-bond donors (Lipinski definition) is 0. The van der Waals surface area contributed by atoms with Crippen molar-refractivity contribution in [3.8, 4) is 5.75 Å². The number of ether oxygens (including phenoxy) is 2. The minimum Gasteiger partial charge on any atom is -0.496 e. The highest BCUT2D eigenvalue weighted by Gasteiger charge is 2.36. The summed E-state index contributed by atoms with van der Waals surface area (Å²) in [6, 6.07) is 6.78. The Labute approximate surface area is 154 Å². The first kappa shape index (κ1) is 17.5. The average molecular weight is 357 g/mol. The zero-order chi connectivity index (χ0) is 18.1. The second-order valence-electron chi connectivity index (χ2n) is 7.49. The van der Waals surface area contributed by atoms with Gasteiger partial charge in [-0.15, -0.1) is 5.10 Å². The third kappa shape index (κ3) is 3.47. The minimum atomic E-state index is 0.251. The predicted molar refractivity (Wildman–Crippen MR) is 97.9 cm³/mol. The highest BCUT2D eigenvalue weighted by Crippen LogP contribution is 2.31. The second-order valence-corrected chi connectivity index (χ2v) is 7.49. The fraction of sp³-hybridized carbons (Fsp3) is 0.579. The molecule has 2 aromatic rings. The summed E-state index contributed by atoms with van der Waals surface area (Å²) in [5.41, 5.74) is 3.62. The lowest BCUT2D eigenvalue weighted by molar-refractivity contribution is -0.0669. The molecule has 0 aliphatic carbocycles. The van der Waals surface area contributed by atoms with Gasteiger partial charge in [-0.25, -0.2) is 4.68 Å². The molecule has 0 spiro atoms. The summed E-state index contributed by atoms with van der Waals surface area (Å²) in [5.74, 6) is 0.953. The third-order valence-corrected chi connectivity index (χ3v) is 5.25. The van der Waals surface area contributed by atoms with Crippen molar-refractivity contribution in [3.05, 3.63) is 41.2 Å². The van der Waals surface area contributed by atoms with Gasteiger partial charge in [0.1, 0.15) is 5.75 Å². The molecule has 7 heteroatoms. The van der Waals surface area contributed by atoms with Gasteiger partial charge in [0.2, 0.25) is 0 Å². The number of nitrogens with zero attached hydrogens (tertiary/aromatic N) is 5. The number of benzene rings is 1. The SMILES string of the molecule is COc1ccc(CN2CC[C@@H]3OCc4cnnn4[C@H]3C2)cc1CN(C)C. The van der Waals surface area contributed by atoms with Gasteiger partial charge in [-0.2, -0.15) is 0 Å². The van der Waals surface area contributed by atoms with Crippen LogP contribution in [0.25, 0.3) is 0 Å². The molecule has 1 aromatic carbocycles. The topological polar surface area (TPSA) is 55.7 Å². The van der Waals surface area contributed by atoms with Gasteiger partial charge < -0.3 is 14.4 Å². The molecule has 2 atom stereocenters. The van der Waals surface area contributed by atoms with E-state index in [1.54, 1.807) is 7.11 Å². The van der Waals surface area contributed by atoms with Crippen molar-refractivity contribution in [3.63, 3.8) is 0 Å². The predicted octanol–water partition coefficient (Wildman–Crippen LogP) is 1.69. The van der Waals surface area contributed by atoms with Gasteiger partial charge in [0.15, 0.2) is 0 Å². The maximum atomic E-state index is 6.01. The molecule has 2 aliphatic heterocycles. The van der Waals surface area contributed by atoms with E-state index in [4.69, 9.17) is 9.47 Å². The number of hydrogen-bond acceptors (Lipinski definition) is 6. The van der Waals surface area contributed by atoms with Crippen molar-refractivity contribution in [2.24, 2.45) is 0 Å². The summed E-state index contributed by atoms with van der Waals surface area (Å²) in [7, 11) is 5.89. The zero-order valence-electron chi connectivity index (χ0n) is 15.8. The van der Waals surface area contributed by atoms with Gasteiger partial charge in [0.05, 0.1) is 37.8 Å². The van der Waals surface area contributed by atoms with E-state index in [0.717, 1.165) is 44.0 Å². The van der Waals surface area contributed by atoms with Crippen molar-refractivity contribution in [2.45, 2.75) is 38.3 Å². The molecule has 140 valence electrons. The van der Waals surface area contributed by atoms with E-state index in [1.807, 2.05) is 6.20 Å². The second kappa shape index (κ2) is 7.34. The maximum absolute atomic E-state index is 6.01. The van der Waals surface area contributed by atoms with Crippen LogP contribution >= 0.6 is 0 Å². The standard InChI is InChI=1S/C19H27N5O2/c1-22(2)11-15-8-14(4-5-18(15)25-3)10-23-7-6-19-17(12-23)24-16(13-26-19)9-20-21-24/h4-5,8-9,17,19H,6-7,10-13H2,1-3H3/t17-,19-/m0/s1. The Morgan fingerprint density at radius 3 is 3.04 bits per heavy atom. The van der Waals surface area contributed by atoms with Crippen LogP contribution < -0.4 is 4.74 Å². The van der Waals surface area contributed by atoms with Gasteiger partial charge in [-0.3, -0.25) is 4.90 Å². The lowest BCUT2D eigenvalue weighted by Gasteiger charge is -2.41. The van der Waals surface area contributed by atoms with Gasteiger partial charge in [-0.05, 0) is 38.2 Å². The van der Waals surface area contributed by atoms with Gasteiger partial charge in [-0.1, -0.05) is 11.3 Å². The molecule has 2 aliphatic rings. The lowest BCUT2D eigenvalue weighted by atomic mass is 9.99. The quantitative estimate of drug-likeness (QED) is 0.812. The Morgan fingerprint density at radius 1 is 1.35 bits per heavy atom. The van der Waals surface area contributed by atoms with Gasteiger partial charge >= 0.3 is 0 Å². The molecule has 1 aromatic heterocycles. The molecule has 1 fully saturated rings. The van der Waals surface area contributed by atoms with Crippen LogP contribution in [-0.2, 0) is 24.4 Å². The summed E-state index contributed by atoms with van der Waals surface area (Å²) < 4.78 is 13.6. The van der Waals surface area contributed by atoms with Crippen molar-refractivity contribution in [2.75, 3.05) is 34.3 Å². The molecule has 0 unspecified atom stereocenters. The lowest BCUT2D eigenvalue weighted by Crippen LogP contribution is -2.47. The Bertz CT molecular complexity index is 760. The Hall–Kier alpha value is -1.96. The molecule has 26 heavy (non-hydrogen) atoms. The molecular formula is C19H27N5O2. The number of piperidine rings is 1. The van der Waals surface area contributed by atoms with E-state index in [9.17, 15) is 0 Å². The number of aromatic nitrogens is 3. The molecule has 0 bridgehead atoms. The van der Waals surface area contributed by atoms with E-state index in [-0.39, 0.29) is 12.1 Å². The number of likely N-dealkylation sites (tertiary alicyclic amines) is 1. The fourth-order valence-electron chi connectivity index (χ4n) is 4.04. The molecule has 3 heterocycles. The Kier molecular flexibility index (Phi) is 4.93. The summed E-state index contributed by atoms with van der Waals surface area (Å²) in [6.45, 7) is 4.41. The number of rotatable bonds is 5. The molecule has 7 nitrogen and oxygen atoms in total. The highest BCUT2D eigenvalue weighted by atomic mass is 16.5. The third-order valence-electron chi connectivity index (χ3n) is 5.25. The largest absolute Gasteiger partial charge is 0.496 e. The molecule has 0 amide bonds. The van der Waals surface area contributed by atoms with Crippen LogP contribution in [-0.4, -0.2) is 65.2 Å². The molecule has 4 rings (SSSR count). The Balaban J connectivity index is 1.48. The van der Waals surface area contributed by atoms with E-state index in [1.165, 1.54) is 11.1 Å². The Morgan fingerprint density at radius 2 is 2.23 bits per heavy atom.